The number of rotatable bonds is 58. The molecule has 35 heteroatoms. The first-order chi connectivity index (χ1) is 45.1. The number of hydrogen-bond donors (Lipinski definition) is 13. The van der Waals surface area contributed by atoms with Crippen LogP contribution in [0.25, 0.3) is 0 Å². The molecule has 3 aliphatic rings. The lowest BCUT2D eigenvalue weighted by Crippen LogP contribution is -2.65. The minimum atomic E-state index is -5.81. The van der Waals surface area contributed by atoms with Gasteiger partial charge in [-0.2, -0.15) is 11.8 Å². The summed E-state index contributed by atoms with van der Waals surface area (Å²) in [6.07, 6.45) is 10.9. The molecule has 95 heavy (non-hydrogen) atoms. The van der Waals surface area contributed by atoms with Crippen LogP contribution < -0.4 is 21.3 Å². The lowest BCUT2D eigenvalue weighted by atomic mass is 9.85. The van der Waals surface area contributed by atoms with Crippen molar-refractivity contribution in [3.05, 3.63) is 0 Å². The van der Waals surface area contributed by atoms with Gasteiger partial charge in [-0.3, -0.25) is 46.3 Å². The van der Waals surface area contributed by atoms with E-state index in [2.05, 4.69) is 44.2 Å². The van der Waals surface area contributed by atoms with Crippen molar-refractivity contribution in [2.45, 2.75) is 311 Å². The minimum Gasteiger partial charge on any atom is -0.456 e. The molecule has 2 heterocycles. The molecule has 0 radical (unpaired) electrons. The van der Waals surface area contributed by atoms with E-state index < -0.39 is 118 Å². The molecule has 556 valence electrons. The van der Waals surface area contributed by atoms with Crippen LogP contribution in [0, 0.1) is 0 Å². The van der Waals surface area contributed by atoms with Crippen molar-refractivity contribution in [2.24, 2.45) is 0 Å². The van der Waals surface area contributed by atoms with Crippen LogP contribution in [0.15, 0.2) is 0 Å². The minimum absolute atomic E-state index is 0.0668. The van der Waals surface area contributed by atoms with E-state index in [0.717, 1.165) is 89.2 Å². The number of urea groups is 1. The summed E-state index contributed by atoms with van der Waals surface area (Å²) in [6, 6.07) is 0.133. The molecule has 0 bridgehead atoms. The third kappa shape index (κ3) is 40.2. The molecule has 0 aromatic heterocycles. The van der Waals surface area contributed by atoms with Gasteiger partial charge in [-0.25, -0.2) is 23.1 Å². The normalized spacial score (nSPS) is 23.2. The van der Waals surface area contributed by atoms with Crippen molar-refractivity contribution in [2.75, 3.05) is 38.7 Å². The fraction of sp³-hybridized carbons (Fsp3) is 0.917. The van der Waals surface area contributed by atoms with Gasteiger partial charge in [0.2, 0.25) is 11.8 Å². The largest absolute Gasteiger partial charge is 0.472 e. The summed E-state index contributed by atoms with van der Waals surface area (Å²) in [6.45, 7) is 1.61. The number of fused-ring (bicyclic) bond motifs is 1. The zero-order chi connectivity index (χ0) is 70.1. The molecule has 13 atom stereocenters. The first-order valence-corrected chi connectivity index (χ1v) is 41.6. The van der Waals surface area contributed by atoms with E-state index in [1.807, 2.05) is 11.8 Å². The number of nitrogens with one attached hydrogen (secondary N) is 4. The number of ether oxygens (including phenoxy) is 2. The van der Waals surface area contributed by atoms with Crippen LogP contribution >= 0.6 is 43.1 Å². The van der Waals surface area contributed by atoms with Crippen LogP contribution in [0.1, 0.15) is 245 Å². The fourth-order valence-electron chi connectivity index (χ4n) is 11.5. The Morgan fingerprint density at radius 2 is 0.863 bits per heavy atom. The molecule has 0 aromatic carbocycles. The van der Waals surface area contributed by atoms with Crippen molar-refractivity contribution in [3.63, 3.8) is 0 Å². The van der Waals surface area contributed by atoms with E-state index in [1.165, 1.54) is 77.0 Å². The van der Waals surface area contributed by atoms with Crippen LogP contribution in [-0.2, 0) is 74.1 Å². The third-order valence-electron chi connectivity index (χ3n) is 16.7. The first kappa shape index (κ1) is 87.0. The number of thioether (sulfide) groups is 1. The fourth-order valence-corrected chi connectivity index (χ4v) is 15.8. The number of unbranched alkanes of at least 4 members (excludes halogenated alkanes) is 27. The summed E-state index contributed by atoms with van der Waals surface area (Å²) in [5.41, 5.74) is 0. The number of hydrogen-bond acceptors (Lipinski definition) is 21. The molecule has 0 spiro atoms. The average Bonchev–Trinajstić information content (AvgIpc) is 1.28. The van der Waals surface area contributed by atoms with Crippen LogP contribution in [0.5, 0.6) is 0 Å². The summed E-state index contributed by atoms with van der Waals surface area (Å²) in [5, 5.41) is 44.4. The molecule has 4 amide bonds. The monoisotopic (exact) mass is 1460 g/mol. The van der Waals surface area contributed by atoms with E-state index in [-0.39, 0.29) is 49.8 Å². The number of esters is 2. The number of carbonyl (C=O) groups excluding carboxylic acids is 5. The van der Waals surface area contributed by atoms with Gasteiger partial charge in [0.1, 0.15) is 36.6 Å². The van der Waals surface area contributed by atoms with Gasteiger partial charge in [-0.15, -0.1) is 0 Å². The summed E-state index contributed by atoms with van der Waals surface area (Å²) in [7, 11) is -22.3. The molecule has 2 unspecified atom stereocenters. The Balaban J connectivity index is 1.66. The van der Waals surface area contributed by atoms with Crippen LogP contribution in [0.2, 0.25) is 0 Å². The van der Waals surface area contributed by atoms with Gasteiger partial charge in [-0.05, 0) is 38.5 Å². The molecule has 13 N–H and O–H groups in total. The molecule has 2 aliphatic heterocycles. The first-order valence-electron chi connectivity index (χ1n) is 34.5. The lowest BCUT2D eigenvalue weighted by molar-refractivity contribution is -0.213. The SMILES string of the molecule is CCCCCCCCCCCCCCCC(=O)O[C@H](COP(=O)(O)OCCNC(=O)CCCCCNC(=O)CCCC[C@H]1SC[C@H]2NC(=O)N[C@H]21)[C@@H](COP(=O)(O)O[C@@H]1[C@H](O)[C@H](O)[C@@H](OP(=O)(O)O)[C@H](OP(=O)(O)O)[C@H]1O)OC(=O)CCCCCCCCCCCCCCC. The molecule has 0 aromatic rings. The number of aliphatic hydroxyl groups is 3. The Bertz CT molecular complexity index is 2380. The van der Waals surface area contributed by atoms with Crippen LogP contribution in [0.4, 0.5) is 4.79 Å². The number of carbonyl (C=O) groups is 5. The van der Waals surface area contributed by atoms with Gasteiger partial charge in [0.05, 0.1) is 31.9 Å². The second-order valence-electron chi connectivity index (χ2n) is 24.9. The smallest absolute Gasteiger partial charge is 0.456 e. The second kappa shape index (κ2) is 48.6. The summed E-state index contributed by atoms with van der Waals surface area (Å²) < 4.78 is 91.3. The Morgan fingerprint density at radius 1 is 0.474 bits per heavy atom. The van der Waals surface area contributed by atoms with Gasteiger partial charge in [0.25, 0.3) is 0 Å². The average molecular weight is 1460 g/mol. The van der Waals surface area contributed by atoms with Crippen molar-refractivity contribution in [3.8, 4) is 0 Å². The predicted molar refractivity (Wildman–Crippen MR) is 353 cm³/mol. The molecular weight excluding hydrogens is 1350 g/mol. The van der Waals surface area contributed by atoms with Gasteiger partial charge in [0.15, 0.2) is 12.2 Å². The maximum atomic E-state index is 13.7. The van der Waals surface area contributed by atoms with Gasteiger partial charge >= 0.3 is 49.3 Å². The molecule has 1 aliphatic carbocycles. The van der Waals surface area contributed by atoms with Crippen LogP contribution in [-0.4, -0.2) is 179 Å². The van der Waals surface area contributed by atoms with Crippen molar-refractivity contribution in [1.82, 2.24) is 21.3 Å². The summed E-state index contributed by atoms with van der Waals surface area (Å²) in [5.74, 6) is -1.44. The highest BCUT2D eigenvalue weighted by molar-refractivity contribution is 8.00. The zero-order valence-corrected chi connectivity index (χ0v) is 60.1. The number of amides is 4. The van der Waals surface area contributed by atoms with Gasteiger partial charge in [0, 0.05) is 49.8 Å². The van der Waals surface area contributed by atoms with E-state index in [0.29, 0.717) is 63.2 Å². The Kier molecular flexibility index (Phi) is 44.5. The summed E-state index contributed by atoms with van der Waals surface area (Å²) >= 11 is 1.83. The predicted octanol–water partition coefficient (Wildman–Crippen LogP) is 8.98. The van der Waals surface area contributed by atoms with E-state index in [4.69, 9.17) is 27.6 Å². The van der Waals surface area contributed by atoms with Crippen molar-refractivity contribution in [1.29, 1.82) is 0 Å². The maximum absolute atomic E-state index is 13.7. The van der Waals surface area contributed by atoms with E-state index >= 15 is 0 Å². The van der Waals surface area contributed by atoms with Crippen molar-refractivity contribution < 1.29 is 124 Å². The van der Waals surface area contributed by atoms with Crippen molar-refractivity contribution >= 4 is 72.8 Å². The third-order valence-corrected chi connectivity index (χ3v) is 21.2. The number of aliphatic hydroxyl groups excluding tert-OH is 3. The quantitative estimate of drug-likeness (QED) is 0.0117. The lowest BCUT2D eigenvalue weighted by Gasteiger charge is -2.44. The van der Waals surface area contributed by atoms with Gasteiger partial charge < -0.3 is 75.4 Å². The zero-order valence-electron chi connectivity index (χ0n) is 55.7. The standard InChI is InChI=1S/C60H114N4O26P4S/c1-3-5-7-9-11-13-15-17-19-21-23-25-29-37-51(67)86-46(42-84-93(79,80)83-41-40-62-50(66)35-28-27-33-39-61-49(65)36-32-31-34-48-53-45(44-95-48)63-60(72)64-53)47(87-52(68)38-30-26-24-22-20-18-16-14-12-10-8-6-4-2)43-85-94(81,82)90-57-54(69)55(70)58(88-91(73,74)75)59(56(57)71)89-92(76,77)78/h45-48,53-59,69-71H,3-44H2,1-2H3,(H,61,65)(H,62,66)(H,79,80)(H,81,82)(H2,63,64,72)(H2,73,74,75)(H2,76,77,78)/t45-,46-,47-,48-,53-,54-,55+,56+,57-,58-,59-/m1/s1. The topological polar surface area (TPSA) is 458 Å². The molecule has 2 saturated heterocycles. The number of phosphoric ester groups is 4. The number of phosphoric acid groups is 4. The van der Waals surface area contributed by atoms with E-state index in [1.54, 1.807) is 0 Å². The van der Waals surface area contributed by atoms with Crippen LogP contribution in [0.3, 0.4) is 0 Å². The van der Waals surface area contributed by atoms with Gasteiger partial charge in [-0.1, -0.05) is 181 Å². The second-order valence-corrected chi connectivity index (χ2v) is 31.5. The highest BCUT2D eigenvalue weighted by Crippen LogP contribution is 2.52. The molecule has 3 rings (SSSR count). The molecule has 1 saturated carbocycles. The Morgan fingerprint density at radius 3 is 1.33 bits per heavy atom. The molecular formula is C60H114N4O26P4S. The molecule has 3 fully saturated rings. The highest BCUT2D eigenvalue weighted by Gasteiger charge is 2.57. The highest BCUT2D eigenvalue weighted by atomic mass is 32.2. The summed E-state index contributed by atoms with van der Waals surface area (Å²) in [4.78, 5) is 124. The maximum Gasteiger partial charge on any atom is 0.472 e. The van der Waals surface area contributed by atoms with E-state index in [9.17, 15) is 86.9 Å². The Labute approximate surface area is 565 Å². The Hall–Kier alpha value is -2.18. The molecule has 30 nitrogen and oxygen atoms in total.